The number of aromatic nitrogens is 2. The number of nitrogens with zero attached hydrogens (tertiary/aromatic N) is 3. The first-order chi connectivity index (χ1) is 17.0. The predicted octanol–water partition coefficient (Wildman–Crippen LogP) is 1.39. The zero-order valence-electron chi connectivity index (χ0n) is 20.1. The molecule has 1 aliphatic heterocycles. The van der Waals surface area contributed by atoms with E-state index >= 15 is 0 Å². The molecular weight excluding hydrogens is 442 g/mol. The minimum atomic E-state index is -0.395. The highest BCUT2D eigenvalue weighted by Gasteiger charge is 2.51. The van der Waals surface area contributed by atoms with Crippen LogP contribution in [0.2, 0.25) is 0 Å². The quantitative estimate of drug-likeness (QED) is 0.529. The minimum Gasteiger partial charge on any atom is -0.328 e. The van der Waals surface area contributed by atoms with Crippen molar-refractivity contribution < 1.29 is 4.79 Å². The number of urea groups is 1. The van der Waals surface area contributed by atoms with Crippen LogP contribution in [0.4, 0.5) is 10.6 Å². The number of piperazine rings is 1. The van der Waals surface area contributed by atoms with Gasteiger partial charge in [-0.15, -0.1) is 0 Å². The smallest absolute Gasteiger partial charge is 0.328 e. The maximum Gasteiger partial charge on any atom is 0.354 e. The molecule has 186 valence electrons. The number of amides is 2. The Morgan fingerprint density at radius 1 is 1.09 bits per heavy atom. The van der Waals surface area contributed by atoms with Crippen molar-refractivity contribution in [2.75, 3.05) is 31.5 Å². The van der Waals surface area contributed by atoms with Gasteiger partial charge in [0.05, 0.1) is 5.69 Å². The molecule has 35 heavy (non-hydrogen) atoms. The Bertz CT molecular complexity index is 1160. The standard InChI is InChI=1S/C26H35N7O2/c27-19-13-26(14-19)15-21(16-26)29-20-3-1-18-12-22(4-2-17(18)11-20)33-8-5-23(31-25(33)35)30-24(34)32-9-6-28-7-10-32/h2,4-5,8,12,19-21,28-29H,1,3,6-7,9-11,13-16,27H2,(H,30,31,34,35). The molecule has 9 heteroatoms. The maximum atomic E-state index is 12.7. The van der Waals surface area contributed by atoms with Crippen molar-refractivity contribution in [3.05, 3.63) is 52.1 Å². The van der Waals surface area contributed by atoms with E-state index in [0.29, 0.717) is 36.6 Å². The molecule has 1 spiro atoms. The lowest BCUT2D eigenvalue weighted by molar-refractivity contribution is -0.0219. The van der Waals surface area contributed by atoms with Crippen LogP contribution in [0.1, 0.15) is 43.2 Å². The number of anilines is 1. The van der Waals surface area contributed by atoms with Crippen molar-refractivity contribution in [2.45, 2.75) is 63.1 Å². The van der Waals surface area contributed by atoms with Crippen molar-refractivity contribution in [3.8, 4) is 5.69 Å². The summed E-state index contributed by atoms with van der Waals surface area (Å²) in [7, 11) is 0. The first kappa shape index (κ1) is 22.7. The summed E-state index contributed by atoms with van der Waals surface area (Å²) in [6, 6.07) is 9.32. The van der Waals surface area contributed by atoms with Gasteiger partial charge in [0.15, 0.2) is 0 Å². The molecule has 1 aromatic heterocycles. The molecular formula is C26H35N7O2. The third kappa shape index (κ3) is 4.60. The number of nitrogens with two attached hydrogens (primary N) is 1. The molecule has 2 amide bonds. The summed E-state index contributed by atoms with van der Waals surface area (Å²) in [5.74, 6) is 0.281. The fraction of sp³-hybridized carbons (Fsp3) is 0.577. The zero-order chi connectivity index (χ0) is 24.0. The largest absolute Gasteiger partial charge is 0.354 e. The second-order valence-electron chi connectivity index (χ2n) is 11.0. The molecule has 2 saturated carbocycles. The summed E-state index contributed by atoms with van der Waals surface area (Å²) in [6.45, 7) is 2.83. The Balaban J connectivity index is 1.08. The molecule has 0 bridgehead atoms. The SMILES string of the molecule is NC1CC2(C1)CC(NC1CCc3cc(-n4ccc(NC(=O)N5CCNCC5)nc4=O)ccc3C1)C2. The molecule has 1 aromatic carbocycles. The van der Waals surface area contributed by atoms with Gasteiger partial charge >= 0.3 is 11.7 Å². The van der Waals surface area contributed by atoms with E-state index in [0.717, 1.165) is 38.0 Å². The monoisotopic (exact) mass is 477 g/mol. The molecule has 1 saturated heterocycles. The topological polar surface area (TPSA) is 117 Å². The van der Waals surface area contributed by atoms with Gasteiger partial charge in [0.2, 0.25) is 0 Å². The third-order valence-electron chi connectivity index (χ3n) is 8.36. The Kier molecular flexibility index (Phi) is 5.86. The van der Waals surface area contributed by atoms with Crippen LogP contribution in [0.25, 0.3) is 5.69 Å². The second kappa shape index (κ2) is 9.04. The van der Waals surface area contributed by atoms with E-state index in [1.165, 1.54) is 36.8 Å². The van der Waals surface area contributed by atoms with Crippen LogP contribution in [0.5, 0.6) is 0 Å². The summed E-state index contributed by atoms with van der Waals surface area (Å²) >= 11 is 0. The Morgan fingerprint density at radius 3 is 2.63 bits per heavy atom. The first-order valence-corrected chi connectivity index (χ1v) is 13.0. The van der Waals surface area contributed by atoms with Crippen molar-refractivity contribution in [2.24, 2.45) is 11.1 Å². The summed E-state index contributed by atoms with van der Waals surface area (Å²) in [6.07, 6.45) is 9.82. The zero-order valence-corrected chi connectivity index (χ0v) is 20.1. The Labute approximate surface area is 205 Å². The van der Waals surface area contributed by atoms with E-state index in [2.05, 4.69) is 33.1 Å². The van der Waals surface area contributed by atoms with E-state index in [4.69, 9.17) is 5.73 Å². The van der Waals surface area contributed by atoms with Crippen molar-refractivity contribution in [1.29, 1.82) is 0 Å². The number of aryl methyl sites for hydroxylation is 1. The van der Waals surface area contributed by atoms with Gasteiger partial charge in [-0.2, -0.15) is 4.98 Å². The number of fused-ring (bicyclic) bond motifs is 1. The van der Waals surface area contributed by atoms with Crippen LogP contribution in [-0.4, -0.2) is 64.8 Å². The van der Waals surface area contributed by atoms with Crippen LogP contribution in [0, 0.1) is 5.41 Å². The van der Waals surface area contributed by atoms with Gasteiger partial charge in [-0.1, -0.05) is 6.07 Å². The highest BCUT2D eigenvalue weighted by Crippen LogP contribution is 2.55. The molecule has 3 aliphatic carbocycles. The fourth-order valence-electron chi connectivity index (χ4n) is 6.58. The van der Waals surface area contributed by atoms with Crippen LogP contribution in [0.3, 0.4) is 0 Å². The van der Waals surface area contributed by atoms with Crippen LogP contribution >= 0.6 is 0 Å². The highest BCUT2D eigenvalue weighted by molar-refractivity contribution is 5.88. The molecule has 6 rings (SSSR count). The van der Waals surface area contributed by atoms with Crippen LogP contribution in [0.15, 0.2) is 35.3 Å². The molecule has 0 radical (unpaired) electrons. The van der Waals surface area contributed by atoms with Gasteiger partial charge in [0.1, 0.15) is 5.82 Å². The highest BCUT2D eigenvalue weighted by atomic mass is 16.2. The van der Waals surface area contributed by atoms with Crippen LogP contribution in [-0.2, 0) is 12.8 Å². The summed E-state index contributed by atoms with van der Waals surface area (Å²) < 4.78 is 1.54. The molecule has 3 fully saturated rings. The molecule has 2 aromatic rings. The summed E-state index contributed by atoms with van der Waals surface area (Å²) in [5, 5.41) is 9.85. The van der Waals surface area contributed by atoms with E-state index in [1.807, 2.05) is 6.07 Å². The van der Waals surface area contributed by atoms with Gasteiger partial charge in [-0.25, -0.2) is 9.59 Å². The molecule has 2 heterocycles. The second-order valence-corrected chi connectivity index (χ2v) is 11.0. The van der Waals surface area contributed by atoms with Gasteiger partial charge in [0, 0.05) is 50.5 Å². The predicted molar refractivity (Wildman–Crippen MR) is 135 cm³/mol. The summed E-state index contributed by atoms with van der Waals surface area (Å²) in [5.41, 5.74) is 9.64. The normalized spacial score (nSPS) is 29.7. The number of benzene rings is 1. The maximum absolute atomic E-state index is 12.7. The molecule has 9 nitrogen and oxygen atoms in total. The average molecular weight is 478 g/mol. The van der Waals surface area contributed by atoms with Gasteiger partial charge < -0.3 is 21.3 Å². The van der Waals surface area contributed by atoms with Crippen molar-refractivity contribution >= 4 is 11.8 Å². The number of hydrogen-bond acceptors (Lipinski definition) is 6. The number of hydrogen-bond donors (Lipinski definition) is 4. The molecule has 1 atom stereocenters. The van der Waals surface area contributed by atoms with E-state index in [-0.39, 0.29) is 11.8 Å². The van der Waals surface area contributed by atoms with Gasteiger partial charge in [0.25, 0.3) is 0 Å². The number of carbonyl (C=O) groups excluding carboxylic acids is 1. The Hall–Kier alpha value is -2.75. The number of rotatable bonds is 4. The van der Waals surface area contributed by atoms with Gasteiger partial charge in [-0.3, -0.25) is 9.88 Å². The van der Waals surface area contributed by atoms with Crippen molar-refractivity contribution in [3.63, 3.8) is 0 Å². The average Bonchev–Trinajstić information content (AvgIpc) is 2.82. The van der Waals surface area contributed by atoms with Crippen molar-refractivity contribution in [1.82, 2.24) is 25.1 Å². The summed E-state index contributed by atoms with van der Waals surface area (Å²) in [4.78, 5) is 31.0. The van der Waals surface area contributed by atoms with E-state index in [1.54, 1.807) is 21.7 Å². The molecule has 1 unspecified atom stereocenters. The lowest BCUT2D eigenvalue weighted by Gasteiger charge is -2.57. The lowest BCUT2D eigenvalue weighted by atomic mass is 9.52. The van der Waals surface area contributed by atoms with E-state index in [9.17, 15) is 9.59 Å². The van der Waals surface area contributed by atoms with Crippen LogP contribution < -0.4 is 27.4 Å². The minimum absolute atomic E-state index is 0.221. The first-order valence-electron chi connectivity index (χ1n) is 13.0. The molecule has 5 N–H and O–H groups in total. The molecule has 4 aliphatic rings. The fourth-order valence-corrected chi connectivity index (χ4v) is 6.58. The lowest BCUT2D eigenvalue weighted by Crippen LogP contribution is -2.60. The Morgan fingerprint density at radius 2 is 1.89 bits per heavy atom. The third-order valence-corrected chi connectivity index (χ3v) is 8.36. The number of carbonyl (C=O) groups is 1. The number of nitrogens with one attached hydrogen (secondary N) is 3. The van der Waals surface area contributed by atoms with E-state index < -0.39 is 5.69 Å². The van der Waals surface area contributed by atoms with Gasteiger partial charge in [-0.05, 0) is 79.7 Å².